The Labute approximate surface area is 220 Å². The number of hydrogen-bond acceptors (Lipinski definition) is 6. The van der Waals surface area contributed by atoms with Gasteiger partial charge in [0, 0.05) is 30.8 Å². The maximum Gasteiger partial charge on any atom is 0.416 e. The smallest absolute Gasteiger partial charge is 0.416 e. The number of halogens is 3. The van der Waals surface area contributed by atoms with Crippen LogP contribution in [0.1, 0.15) is 40.4 Å². The number of nitrogen functional groups attached to an aromatic ring is 1. The number of anilines is 1. The number of alkyl halides is 3. The van der Waals surface area contributed by atoms with Crippen LogP contribution in [0.5, 0.6) is 0 Å². The Bertz CT molecular complexity index is 1520. The van der Waals surface area contributed by atoms with E-state index in [9.17, 15) is 27.9 Å². The normalized spacial score (nSPS) is 15.9. The predicted molar refractivity (Wildman–Crippen MR) is 136 cm³/mol. The standard InChI is InChI=1S/C26H24F3N7O3/c27-26(28,29)18-9-7-17(8-10-18)24(37)31-12-15-3-5-16(6-4-15)21-20-22(30)32-14-33-23(20)36(34-21)19-2-1-11-35(13-19)25(38)39/h3-10,14,19H,1-2,11-13H2,(H,31,37)(H,38,39)(H2,30,32,33)/t19-/m1/s1. The SMILES string of the molecule is Nc1ncnc2c1c(-c1ccc(CNC(=O)c3ccc(C(F)(F)F)cc3)cc1)nn2[C@@H]1CCCN(C(=O)O)C1. The quantitative estimate of drug-likeness (QED) is 0.343. The number of carbonyl (C=O) groups is 2. The lowest BCUT2D eigenvalue weighted by Gasteiger charge is -2.30. The molecular formula is C26H24F3N7O3. The van der Waals surface area contributed by atoms with Crippen molar-refractivity contribution < 1.29 is 27.9 Å². The van der Waals surface area contributed by atoms with Crippen LogP contribution in [0.15, 0.2) is 54.9 Å². The first-order valence-electron chi connectivity index (χ1n) is 12.1. The highest BCUT2D eigenvalue weighted by Gasteiger charge is 2.30. The average Bonchev–Trinajstić information content (AvgIpc) is 3.33. The minimum absolute atomic E-state index is 0.122. The van der Waals surface area contributed by atoms with Gasteiger partial charge in [0.2, 0.25) is 0 Å². The molecule has 0 bridgehead atoms. The Morgan fingerprint density at radius 2 is 1.79 bits per heavy atom. The summed E-state index contributed by atoms with van der Waals surface area (Å²) in [4.78, 5) is 33.8. The van der Waals surface area contributed by atoms with Crippen molar-refractivity contribution in [2.75, 3.05) is 18.8 Å². The highest BCUT2D eigenvalue weighted by Crippen LogP contribution is 2.34. The van der Waals surface area contributed by atoms with E-state index in [0.717, 1.165) is 41.8 Å². The van der Waals surface area contributed by atoms with Gasteiger partial charge in [0.05, 0.1) is 17.0 Å². The second-order valence-electron chi connectivity index (χ2n) is 9.23. The summed E-state index contributed by atoms with van der Waals surface area (Å²) in [7, 11) is 0. The molecule has 1 aliphatic heterocycles. The third-order valence-electron chi connectivity index (χ3n) is 6.69. The minimum Gasteiger partial charge on any atom is -0.465 e. The van der Waals surface area contributed by atoms with Crippen LogP contribution in [0, 0.1) is 0 Å². The average molecular weight is 540 g/mol. The van der Waals surface area contributed by atoms with Crippen molar-refractivity contribution in [3.05, 3.63) is 71.5 Å². The van der Waals surface area contributed by atoms with Crippen LogP contribution in [-0.2, 0) is 12.7 Å². The first kappa shape index (κ1) is 25.9. The van der Waals surface area contributed by atoms with Gasteiger partial charge in [0.15, 0.2) is 5.65 Å². The second kappa shape index (κ2) is 10.2. The maximum absolute atomic E-state index is 12.8. The molecule has 0 spiro atoms. The van der Waals surface area contributed by atoms with Crippen molar-refractivity contribution in [1.82, 2.24) is 30.0 Å². The molecule has 1 aliphatic rings. The zero-order valence-corrected chi connectivity index (χ0v) is 20.5. The van der Waals surface area contributed by atoms with Gasteiger partial charge in [0.1, 0.15) is 17.8 Å². The molecule has 5 rings (SSSR count). The lowest BCUT2D eigenvalue weighted by atomic mass is 10.1. The number of likely N-dealkylation sites (tertiary alicyclic amines) is 1. The summed E-state index contributed by atoms with van der Waals surface area (Å²) >= 11 is 0. The Morgan fingerprint density at radius 1 is 1.08 bits per heavy atom. The maximum atomic E-state index is 12.8. The molecule has 0 saturated carbocycles. The van der Waals surface area contributed by atoms with Gasteiger partial charge in [-0.15, -0.1) is 0 Å². The topological polar surface area (TPSA) is 139 Å². The van der Waals surface area contributed by atoms with E-state index in [0.29, 0.717) is 29.7 Å². The fourth-order valence-corrected chi connectivity index (χ4v) is 4.66. The zero-order valence-electron chi connectivity index (χ0n) is 20.5. The van der Waals surface area contributed by atoms with E-state index >= 15 is 0 Å². The van der Waals surface area contributed by atoms with Gasteiger partial charge in [-0.25, -0.2) is 19.4 Å². The van der Waals surface area contributed by atoms with Gasteiger partial charge in [-0.05, 0) is 42.7 Å². The van der Waals surface area contributed by atoms with Gasteiger partial charge in [-0.3, -0.25) is 4.79 Å². The molecule has 13 heteroatoms. The number of nitrogens with zero attached hydrogens (tertiary/aromatic N) is 5. The van der Waals surface area contributed by atoms with Crippen molar-refractivity contribution in [3.63, 3.8) is 0 Å². The molecule has 39 heavy (non-hydrogen) atoms. The van der Waals surface area contributed by atoms with Crippen LogP contribution >= 0.6 is 0 Å². The molecule has 202 valence electrons. The number of nitrogens with one attached hydrogen (secondary N) is 1. The molecule has 2 aromatic carbocycles. The number of amides is 2. The highest BCUT2D eigenvalue weighted by atomic mass is 19.4. The molecule has 0 radical (unpaired) electrons. The first-order valence-corrected chi connectivity index (χ1v) is 12.1. The van der Waals surface area contributed by atoms with E-state index in [1.807, 2.05) is 12.1 Å². The number of rotatable bonds is 5. The summed E-state index contributed by atoms with van der Waals surface area (Å²) in [5.74, 6) is -0.245. The fourth-order valence-electron chi connectivity index (χ4n) is 4.66. The van der Waals surface area contributed by atoms with E-state index in [1.165, 1.54) is 11.2 Å². The Morgan fingerprint density at radius 3 is 2.46 bits per heavy atom. The molecule has 1 atom stereocenters. The van der Waals surface area contributed by atoms with Crippen molar-refractivity contribution in [2.45, 2.75) is 31.6 Å². The molecule has 4 aromatic rings. The summed E-state index contributed by atoms with van der Waals surface area (Å²) in [5.41, 5.74) is 8.05. The number of piperidine rings is 1. The van der Waals surface area contributed by atoms with Gasteiger partial charge < -0.3 is 21.1 Å². The monoisotopic (exact) mass is 539 g/mol. The summed E-state index contributed by atoms with van der Waals surface area (Å²) in [6.45, 7) is 0.909. The van der Waals surface area contributed by atoms with Gasteiger partial charge in [0.25, 0.3) is 5.91 Å². The van der Waals surface area contributed by atoms with Crippen LogP contribution < -0.4 is 11.1 Å². The van der Waals surface area contributed by atoms with E-state index in [-0.39, 0.29) is 30.5 Å². The largest absolute Gasteiger partial charge is 0.465 e. The Balaban J connectivity index is 1.34. The highest BCUT2D eigenvalue weighted by molar-refractivity contribution is 5.98. The number of hydrogen-bond donors (Lipinski definition) is 3. The summed E-state index contributed by atoms with van der Waals surface area (Å²) in [6, 6.07) is 11.0. The molecule has 2 aromatic heterocycles. The van der Waals surface area contributed by atoms with Crippen LogP contribution in [0.2, 0.25) is 0 Å². The summed E-state index contributed by atoms with van der Waals surface area (Å²) < 4.78 is 40.0. The number of nitrogens with two attached hydrogens (primary N) is 1. The van der Waals surface area contributed by atoms with Crippen LogP contribution in [0.25, 0.3) is 22.3 Å². The van der Waals surface area contributed by atoms with Crippen molar-refractivity contribution >= 4 is 28.9 Å². The van der Waals surface area contributed by atoms with Crippen molar-refractivity contribution in [1.29, 1.82) is 0 Å². The van der Waals surface area contributed by atoms with E-state index in [4.69, 9.17) is 10.8 Å². The molecular weight excluding hydrogens is 515 g/mol. The van der Waals surface area contributed by atoms with E-state index < -0.39 is 23.7 Å². The molecule has 1 fully saturated rings. The number of fused-ring (bicyclic) bond motifs is 1. The number of carbonyl (C=O) groups excluding carboxylic acids is 1. The number of aromatic nitrogens is 4. The van der Waals surface area contributed by atoms with Crippen molar-refractivity contribution in [3.8, 4) is 11.3 Å². The van der Waals surface area contributed by atoms with E-state index in [1.54, 1.807) is 16.8 Å². The molecule has 1 saturated heterocycles. The van der Waals surface area contributed by atoms with Gasteiger partial charge >= 0.3 is 12.3 Å². The third-order valence-corrected chi connectivity index (χ3v) is 6.69. The van der Waals surface area contributed by atoms with Crippen molar-refractivity contribution in [2.24, 2.45) is 0 Å². The van der Waals surface area contributed by atoms with Crippen LogP contribution in [0.4, 0.5) is 23.8 Å². The Hall–Kier alpha value is -4.68. The summed E-state index contributed by atoms with van der Waals surface area (Å²) in [5, 5.41) is 17.5. The predicted octanol–water partition coefficient (Wildman–Crippen LogP) is 4.34. The first-order chi connectivity index (χ1) is 18.6. The number of carboxylic acid groups (broad SMARTS) is 1. The van der Waals surface area contributed by atoms with Gasteiger partial charge in [-0.1, -0.05) is 24.3 Å². The lowest BCUT2D eigenvalue weighted by Crippen LogP contribution is -2.40. The van der Waals surface area contributed by atoms with Crippen LogP contribution in [0.3, 0.4) is 0 Å². The molecule has 10 nitrogen and oxygen atoms in total. The Kier molecular flexibility index (Phi) is 6.81. The molecule has 3 heterocycles. The van der Waals surface area contributed by atoms with E-state index in [2.05, 4.69) is 15.3 Å². The van der Waals surface area contributed by atoms with Gasteiger partial charge in [-0.2, -0.15) is 18.3 Å². The molecule has 2 amide bonds. The molecule has 4 N–H and O–H groups in total. The minimum atomic E-state index is -4.47. The zero-order chi connectivity index (χ0) is 27.7. The summed E-state index contributed by atoms with van der Waals surface area (Å²) in [6.07, 6.45) is -2.67. The third kappa shape index (κ3) is 5.33. The fraction of sp³-hybridized carbons (Fsp3) is 0.269. The second-order valence-corrected chi connectivity index (χ2v) is 9.23. The van der Waals surface area contributed by atoms with Crippen LogP contribution in [-0.4, -0.2) is 54.8 Å². The number of benzene rings is 2. The molecule has 0 aliphatic carbocycles. The lowest BCUT2D eigenvalue weighted by molar-refractivity contribution is -0.137. The molecule has 0 unspecified atom stereocenters.